The molecule has 9 nitrogen and oxygen atoms in total. The monoisotopic (exact) mass is 468 g/mol. The zero-order valence-corrected chi connectivity index (χ0v) is 19.0. The summed E-state index contributed by atoms with van der Waals surface area (Å²) in [5.41, 5.74) is 4.60. The van der Waals surface area contributed by atoms with Crippen LogP contribution < -0.4 is 14.9 Å². The van der Waals surface area contributed by atoms with E-state index in [1.165, 1.54) is 31.4 Å². The molecule has 33 heavy (non-hydrogen) atoms. The predicted octanol–water partition coefficient (Wildman–Crippen LogP) is 4.82. The van der Waals surface area contributed by atoms with E-state index in [1.807, 2.05) is 37.3 Å². The standard InChI is InChI=1S/C23H24N4O5S/c1-3-18(15-17-7-5-4-6-8-17)24-25-22-14-13-21(16-23(22)27(28)29)33(30,31)26-19-9-11-20(32-2)12-10-19/h4-14,16,25-26H,3,15H2,1-2H3/b24-18-. The summed E-state index contributed by atoms with van der Waals surface area (Å²) < 4.78 is 32.9. The van der Waals surface area contributed by atoms with Crippen LogP contribution in [0.2, 0.25) is 0 Å². The van der Waals surface area contributed by atoms with Gasteiger partial charge < -0.3 is 4.74 Å². The number of nitrogens with one attached hydrogen (secondary N) is 2. The van der Waals surface area contributed by atoms with E-state index in [1.54, 1.807) is 12.1 Å². The van der Waals surface area contributed by atoms with Gasteiger partial charge in [-0.1, -0.05) is 37.3 Å². The van der Waals surface area contributed by atoms with Crippen LogP contribution in [0.3, 0.4) is 0 Å². The molecule has 0 saturated carbocycles. The molecule has 0 bridgehead atoms. The predicted molar refractivity (Wildman–Crippen MR) is 128 cm³/mol. The number of nitrogens with zero attached hydrogens (tertiary/aromatic N) is 2. The molecule has 0 aliphatic heterocycles. The second kappa shape index (κ2) is 10.6. The Balaban J connectivity index is 1.82. The van der Waals surface area contributed by atoms with Crippen molar-refractivity contribution in [3.63, 3.8) is 0 Å². The summed E-state index contributed by atoms with van der Waals surface area (Å²) >= 11 is 0. The topological polar surface area (TPSA) is 123 Å². The minimum atomic E-state index is -4.04. The summed E-state index contributed by atoms with van der Waals surface area (Å²) in [6.45, 7) is 1.94. The van der Waals surface area contributed by atoms with Crippen LogP contribution in [0.15, 0.2) is 82.8 Å². The highest BCUT2D eigenvalue weighted by Gasteiger charge is 2.22. The number of nitro groups is 1. The third-order valence-electron chi connectivity index (χ3n) is 4.81. The molecular weight excluding hydrogens is 444 g/mol. The number of ether oxygens (including phenoxy) is 1. The Kier molecular flexibility index (Phi) is 7.62. The maximum absolute atomic E-state index is 12.7. The normalized spacial score (nSPS) is 11.6. The van der Waals surface area contributed by atoms with Gasteiger partial charge in [0.05, 0.1) is 16.9 Å². The van der Waals surface area contributed by atoms with Crippen molar-refractivity contribution in [2.45, 2.75) is 24.7 Å². The minimum absolute atomic E-state index is 0.0995. The quantitative estimate of drug-likeness (QED) is 0.250. The van der Waals surface area contributed by atoms with Gasteiger partial charge in [0.25, 0.3) is 15.7 Å². The van der Waals surface area contributed by atoms with Gasteiger partial charge in [-0.2, -0.15) is 5.10 Å². The fraction of sp³-hybridized carbons (Fsp3) is 0.174. The van der Waals surface area contributed by atoms with Gasteiger partial charge in [-0.25, -0.2) is 8.42 Å². The van der Waals surface area contributed by atoms with Gasteiger partial charge in [0.2, 0.25) is 0 Å². The van der Waals surface area contributed by atoms with Gasteiger partial charge in [0.15, 0.2) is 0 Å². The molecule has 0 heterocycles. The molecule has 0 aliphatic rings. The summed E-state index contributed by atoms with van der Waals surface area (Å²) in [6, 6.07) is 19.6. The lowest BCUT2D eigenvalue weighted by atomic mass is 10.1. The van der Waals surface area contributed by atoms with Crippen molar-refractivity contribution in [1.29, 1.82) is 0 Å². The second-order valence-electron chi connectivity index (χ2n) is 7.08. The second-order valence-corrected chi connectivity index (χ2v) is 8.76. The molecule has 0 saturated heterocycles. The highest BCUT2D eigenvalue weighted by molar-refractivity contribution is 7.92. The molecule has 2 N–H and O–H groups in total. The molecule has 0 aliphatic carbocycles. The number of sulfonamides is 1. The van der Waals surface area contributed by atoms with Crippen molar-refractivity contribution in [1.82, 2.24) is 0 Å². The van der Waals surface area contributed by atoms with Crippen molar-refractivity contribution in [3.8, 4) is 5.75 Å². The SMILES string of the molecule is CC/C(Cc1ccccc1)=N/Nc1ccc(S(=O)(=O)Nc2ccc(OC)cc2)cc1[N+](=O)[O-]. The smallest absolute Gasteiger partial charge is 0.295 e. The maximum Gasteiger partial charge on any atom is 0.295 e. The summed E-state index contributed by atoms with van der Waals surface area (Å²) in [4.78, 5) is 10.7. The summed E-state index contributed by atoms with van der Waals surface area (Å²) in [6.07, 6.45) is 1.24. The molecule has 0 radical (unpaired) electrons. The molecule has 0 fully saturated rings. The highest BCUT2D eigenvalue weighted by Crippen LogP contribution is 2.29. The molecule has 3 aromatic carbocycles. The first kappa shape index (κ1) is 23.7. The highest BCUT2D eigenvalue weighted by atomic mass is 32.2. The van der Waals surface area contributed by atoms with Gasteiger partial charge in [-0.15, -0.1) is 0 Å². The van der Waals surface area contributed by atoms with Crippen LogP contribution in [0.4, 0.5) is 17.1 Å². The fourth-order valence-electron chi connectivity index (χ4n) is 3.01. The van der Waals surface area contributed by atoms with Crippen molar-refractivity contribution in [2.75, 3.05) is 17.3 Å². The van der Waals surface area contributed by atoms with Crippen molar-refractivity contribution < 1.29 is 18.1 Å². The van der Waals surface area contributed by atoms with E-state index >= 15 is 0 Å². The lowest BCUT2D eigenvalue weighted by molar-refractivity contribution is -0.384. The van der Waals surface area contributed by atoms with Gasteiger partial charge in [-0.3, -0.25) is 20.3 Å². The number of nitro benzene ring substituents is 1. The lowest BCUT2D eigenvalue weighted by Gasteiger charge is -2.10. The Morgan fingerprint density at radius 2 is 1.76 bits per heavy atom. The van der Waals surface area contributed by atoms with Crippen LogP contribution in [-0.2, 0) is 16.4 Å². The third kappa shape index (κ3) is 6.30. The Morgan fingerprint density at radius 1 is 1.06 bits per heavy atom. The maximum atomic E-state index is 12.7. The third-order valence-corrected chi connectivity index (χ3v) is 6.19. The van der Waals surface area contributed by atoms with Crippen LogP contribution >= 0.6 is 0 Å². The molecule has 10 heteroatoms. The van der Waals surface area contributed by atoms with Crippen molar-refractivity contribution in [2.24, 2.45) is 5.10 Å². The van der Waals surface area contributed by atoms with Gasteiger partial charge >= 0.3 is 0 Å². The Labute approximate surface area is 192 Å². The van der Waals surface area contributed by atoms with Crippen molar-refractivity contribution in [3.05, 3.63) is 88.5 Å². The largest absolute Gasteiger partial charge is 0.497 e. The first-order valence-electron chi connectivity index (χ1n) is 10.1. The number of hydrogen-bond donors (Lipinski definition) is 2. The molecule has 172 valence electrons. The number of anilines is 2. The number of methoxy groups -OCH3 is 1. The van der Waals surface area contributed by atoms with E-state index in [4.69, 9.17) is 4.74 Å². The van der Waals surface area contributed by atoms with E-state index in [9.17, 15) is 18.5 Å². The van der Waals surface area contributed by atoms with Crippen LogP contribution in [0, 0.1) is 10.1 Å². The average molecular weight is 469 g/mol. The van der Waals surface area contributed by atoms with Crippen LogP contribution in [0.1, 0.15) is 18.9 Å². The molecule has 0 spiro atoms. The molecule has 3 rings (SSSR count). The molecular formula is C23H24N4O5S. The fourth-order valence-corrected chi connectivity index (χ4v) is 4.09. The Bertz CT molecular complexity index is 1240. The Morgan fingerprint density at radius 3 is 2.36 bits per heavy atom. The van der Waals surface area contributed by atoms with E-state index in [2.05, 4.69) is 15.2 Å². The minimum Gasteiger partial charge on any atom is -0.497 e. The molecule has 0 aromatic heterocycles. The van der Waals surface area contributed by atoms with E-state index in [0.29, 0.717) is 24.3 Å². The lowest BCUT2D eigenvalue weighted by Crippen LogP contribution is -2.13. The molecule has 0 amide bonds. The number of rotatable bonds is 10. The number of hydrogen-bond acceptors (Lipinski definition) is 7. The first-order valence-corrected chi connectivity index (χ1v) is 11.6. The average Bonchev–Trinajstić information content (AvgIpc) is 2.82. The van der Waals surface area contributed by atoms with Crippen LogP contribution in [0.5, 0.6) is 5.75 Å². The van der Waals surface area contributed by atoms with E-state index < -0.39 is 20.6 Å². The van der Waals surface area contributed by atoms with Gasteiger partial charge in [-0.05, 0) is 48.4 Å². The Hall–Kier alpha value is -3.92. The summed E-state index contributed by atoms with van der Waals surface area (Å²) in [7, 11) is -2.54. The van der Waals surface area contributed by atoms with Crippen LogP contribution in [0.25, 0.3) is 0 Å². The van der Waals surface area contributed by atoms with Gasteiger partial charge in [0.1, 0.15) is 11.4 Å². The summed E-state index contributed by atoms with van der Waals surface area (Å²) in [5.74, 6) is 0.572. The molecule has 0 atom stereocenters. The zero-order valence-electron chi connectivity index (χ0n) is 18.2. The molecule has 0 unspecified atom stereocenters. The first-order chi connectivity index (χ1) is 15.8. The van der Waals surface area contributed by atoms with Crippen molar-refractivity contribution >= 4 is 32.8 Å². The van der Waals surface area contributed by atoms with E-state index in [-0.39, 0.29) is 10.6 Å². The van der Waals surface area contributed by atoms with Crippen LogP contribution in [-0.4, -0.2) is 26.2 Å². The summed E-state index contributed by atoms with van der Waals surface area (Å²) in [5, 5.41) is 15.9. The zero-order chi connectivity index (χ0) is 23.8. The molecule has 3 aromatic rings. The van der Waals surface area contributed by atoms with E-state index in [0.717, 1.165) is 17.3 Å². The number of hydrazone groups is 1. The number of benzene rings is 3. The van der Waals surface area contributed by atoms with Gasteiger partial charge in [0, 0.05) is 23.9 Å².